The Morgan fingerprint density at radius 2 is 2.00 bits per heavy atom. The fraction of sp³-hybridized carbons (Fsp3) is 0.538. The average molecular weight is 277 g/mol. The molecule has 0 radical (unpaired) electrons. The van der Waals surface area contributed by atoms with Crippen LogP contribution in [0.25, 0.3) is 10.2 Å². The number of hydrogen-bond acceptors (Lipinski definition) is 6. The smallest absolute Gasteiger partial charge is 0.223 e. The Kier molecular flexibility index (Phi) is 3.28. The van der Waals surface area contributed by atoms with Gasteiger partial charge in [0, 0.05) is 31.1 Å². The van der Waals surface area contributed by atoms with E-state index in [2.05, 4.69) is 39.7 Å². The highest BCUT2D eigenvalue weighted by Gasteiger charge is 2.20. The molecule has 19 heavy (non-hydrogen) atoms. The van der Waals surface area contributed by atoms with Gasteiger partial charge in [-0.1, -0.05) is 6.92 Å². The normalized spacial score (nSPS) is 17.3. The van der Waals surface area contributed by atoms with Crippen molar-refractivity contribution in [2.24, 2.45) is 0 Å². The van der Waals surface area contributed by atoms with Crippen molar-refractivity contribution in [2.45, 2.75) is 13.8 Å². The molecule has 0 atom stereocenters. The molecule has 0 aromatic carbocycles. The molecule has 0 saturated carbocycles. The van der Waals surface area contributed by atoms with Gasteiger partial charge in [0.2, 0.25) is 5.95 Å². The van der Waals surface area contributed by atoms with Gasteiger partial charge in [-0.25, -0.2) is 4.98 Å². The number of anilines is 2. The van der Waals surface area contributed by atoms with E-state index in [4.69, 9.17) is 5.73 Å². The van der Waals surface area contributed by atoms with Crippen LogP contribution in [0.3, 0.4) is 0 Å². The number of nitrogens with zero attached hydrogens (tertiary/aromatic N) is 4. The number of aromatic nitrogens is 2. The second-order valence-electron chi connectivity index (χ2n) is 4.90. The van der Waals surface area contributed by atoms with Crippen LogP contribution in [0.4, 0.5) is 11.8 Å². The van der Waals surface area contributed by atoms with E-state index < -0.39 is 0 Å². The second kappa shape index (κ2) is 4.94. The van der Waals surface area contributed by atoms with E-state index in [0.29, 0.717) is 5.95 Å². The third-order valence-electron chi connectivity index (χ3n) is 3.63. The van der Waals surface area contributed by atoms with Crippen LogP contribution >= 0.6 is 11.3 Å². The number of rotatable bonds is 2. The van der Waals surface area contributed by atoms with Gasteiger partial charge in [-0.3, -0.25) is 0 Å². The van der Waals surface area contributed by atoms with E-state index >= 15 is 0 Å². The van der Waals surface area contributed by atoms with Crippen LogP contribution in [0.2, 0.25) is 0 Å². The van der Waals surface area contributed by atoms with E-state index in [1.165, 1.54) is 4.88 Å². The molecule has 3 heterocycles. The molecule has 2 aromatic heterocycles. The quantitative estimate of drug-likeness (QED) is 0.906. The van der Waals surface area contributed by atoms with Gasteiger partial charge >= 0.3 is 0 Å². The molecule has 102 valence electrons. The Bertz CT molecular complexity index is 586. The van der Waals surface area contributed by atoms with Crippen LogP contribution in [0, 0.1) is 6.92 Å². The van der Waals surface area contributed by atoms with Gasteiger partial charge in [0.15, 0.2) is 0 Å². The van der Waals surface area contributed by atoms with Gasteiger partial charge in [0.25, 0.3) is 0 Å². The van der Waals surface area contributed by atoms with E-state index in [1.54, 1.807) is 11.3 Å². The first-order valence-electron chi connectivity index (χ1n) is 6.68. The number of aryl methyl sites for hydroxylation is 1. The number of thiophene rings is 1. The standard InChI is InChI=1S/C13H19N5S/c1-3-17-4-6-18(7-5-17)11-10-8-9(2)19-12(10)16-13(14)15-11/h8H,3-7H2,1-2H3,(H2,14,15,16). The fourth-order valence-corrected chi connectivity index (χ4v) is 3.44. The lowest BCUT2D eigenvalue weighted by Gasteiger charge is -2.35. The van der Waals surface area contributed by atoms with Gasteiger partial charge in [-0.15, -0.1) is 11.3 Å². The Morgan fingerprint density at radius 3 is 2.68 bits per heavy atom. The monoisotopic (exact) mass is 277 g/mol. The number of nitrogen functional groups attached to an aromatic ring is 1. The summed E-state index contributed by atoms with van der Waals surface area (Å²) in [5, 5.41) is 1.14. The van der Waals surface area contributed by atoms with Crippen molar-refractivity contribution >= 4 is 33.3 Å². The predicted molar refractivity (Wildman–Crippen MR) is 80.9 cm³/mol. The summed E-state index contributed by atoms with van der Waals surface area (Å²) >= 11 is 1.68. The molecule has 0 bridgehead atoms. The van der Waals surface area contributed by atoms with E-state index in [9.17, 15) is 0 Å². The Labute approximate surface area is 117 Å². The molecule has 3 rings (SSSR count). The minimum absolute atomic E-state index is 0.377. The zero-order chi connectivity index (χ0) is 13.4. The maximum atomic E-state index is 5.84. The molecule has 1 fully saturated rings. The van der Waals surface area contributed by atoms with Gasteiger partial charge in [-0.2, -0.15) is 4.98 Å². The summed E-state index contributed by atoms with van der Waals surface area (Å²) in [6, 6.07) is 2.17. The lowest BCUT2D eigenvalue weighted by atomic mass is 10.2. The van der Waals surface area contributed by atoms with Crippen molar-refractivity contribution in [3.05, 3.63) is 10.9 Å². The van der Waals surface area contributed by atoms with Crippen molar-refractivity contribution in [2.75, 3.05) is 43.4 Å². The van der Waals surface area contributed by atoms with E-state index in [-0.39, 0.29) is 0 Å². The summed E-state index contributed by atoms with van der Waals surface area (Å²) in [5.74, 6) is 1.38. The zero-order valence-electron chi connectivity index (χ0n) is 11.4. The molecule has 6 heteroatoms. The third-order valence-corrected chi connectivity index (χ3v) is 4.58. The maximum absolute atomic E-state index is 5.84. The molecule has 0 spiro atoms. The van der Waals surface area contributed by atoms with E-state index in [0.717, 1.165) is 48.8 Å². The van der Waals surface area contributed by atoms with Crippen molar-refractivity contribution < 1.29 is 0 Å². The van der Waals surface area contributed by atoms with E-state index in [1.807, 2.05) is 0 Å². The second-order valence-corrected chi connectivity index (χ2v) is 6.14. The van der Waals surface area contributed by atoms with Crippen LogP contribution in [0.1, 0.15) is 11.8 Å². The van der Waals surface area contributed by atoms with Gasteiger partial charge in [0.1, 0.15) is 10.6 Å². The van der Waals surface area contributed by atoms with Crippen molar-refractivity contribution in [3.63, 3.8) is 0 Å². The minimum Gasteiger partial charge on any atom is -0.368 e. The summed E-state index contributed by atoms with van der Waals surface area (Å²) in [5.41, 5.74) is 5.84. The van der Waals surface area contributed by atoms with Gasteiger partial charge in [-0.05, 0) is 19.5 Å². The average Bonchev–Trinajstić information content (AvgIpc) is 2.78. The Hall–Kier alpha value is -1.40. The number of likely N-dealkylation sites (N-methyl/N-ethyl adjacent to an activating group) is 1. The zero-order valence-corrected chi connectivity index (χ0v) is 12.2. The van der Waals surface area contributed by atoms with Crippen LogP contribution < -0.4 is 10.6 Å². The number of piperazine rings is 1. The first kappa shape index (κ1) is 12.6. The SMILES string of the molecule is CCN1CCN(c2nc(N)nc3sc(C)cc23)CC1. The molecule has 2 N–H and O–H groups in total. The maximum Gasteiger partial charge on any atom is 0.223 e. The summed E-state index contributed by atoms with van der Waals surface area (Å²) < 4.78 is 0. The Balaban J connectivity index is 1.96. The highest BCUT2D eigenvalue weighted by Crippen LogP contribution is 2.31. The first-order chi connectivity index (χ1) is 9.17. The molecule has 2 aromatic rings. The van der Waals surface area contributed by atoms with Crippen molar-refractivity contribution in [3.8, 4) is 0 Å². The third kappa shape index (κ3) is 2.37. The molecular formula is C13H19N5S. The van der Waals surface area contributed by atoms with Crippen molar-refractivity contribution in [1.82, 2.24) is 14.9 Å². The highest BCUT2D eigenvalue weighted by atomic mass is 32.1. The summed E-state index contributed by atoms with van der Waals surface area (Å²) in [7, 11) is 0. The molecule has 1 saturated heterocycles. The number of fused-ring (bicyclic) bond motifs is 1. The molecule has 0 amide bonds. The number of hydrogen-bond donors (Lipinski definition) is 1. The summed E-state index contributed by atoms with van der Waals surface area (Å²) in [4.78, 5) is 15.8. The van der Waals surface area contributed by atoms with Crippen molar-refractivity contribution in [1.29, 1.82) is 0 Å². The molecule has 5 nitrogen and oxygen atoms in total. The Morgan fingerprint density at radius 1 is 1.26 bits per heavy atom. The van der Waals surface area contributed by atoms with Crippen LogP contribution in [0.5, 0.6) is 0 Å². The van der Waals surface area contributed by atoms with Crippen LogP contribution in [-0.4, -0.2) is 47.6 Å². The lowest BCUT2D eigenvalue weighted by molar-refractivity contribution is 0.271. The lowest BCUT2D eigenvalue weighted by Crippen LogP contribution is -2.46. The topological polar surface area (TPSA) is 58.3 Å². The number of nitrogens with two attached hydrogens (primary N) is 1. The molecule has 1 aliphatic rings. The first-order valence-corrected chi connectivity index (χ1v) is 7.50. The summed E-state index contributed by atoms with van der Waals surface area (Å²) in [6.45, 7) is 9.62. The van der Waals surface area contributed by atoms with Crippen LogP contribution in [0.15, 0.2) is 6.07 Å². The van der Waals surface area contributed by atoms with Crippen LogP contribution in [-0.2, 0) is 0 Å². The van der Waals surface area contributed by atoms with Gasteiger partial charge < -0.3 is 15.5 Å². The highest BCUT2D eigenvalue weighted by molar-refractivity contribution is 7.18. The molecule has 0 unspecified atom stereocenters. The predicted octanol–water partition coefficient (Wildman–Crippen LogP) is 1.72. The summed E-state index contributed by atoms with van der Waals surface area (Å²) in [6.07, 6.45) is 0. The molecule has 1 aliphatic heterocycles. The minimum atomic E-state index is 0.377. The van der Waals surface area contributed by atoms with Gasteiger partial charge in [0.05, 0.1) is 5.39 Å². The fourth-order valence-electron chi connectivity index (χ4n) is 2.56. The molecular weight excluding hydrogens is 258 g/mol. The largest absolute Gasteiger partial charge is 0.368 e. The molecule has 0 aliphatic carbocycles.